The normalized spacial score (nSPS) is 10.9. The van der Waals surface area contributed by atoms with E-state index in [1.165, 1.54) is 0 Å². The third kappa shape index (κ3) is 1.41. The van der Waals surface area contributed by atoms with E-state index in [0.29, 0.717) is 5.28 Å². The van der Waals surface area contributed by atoms with Crippen molar-refractivity contribution >= 4 is 17.1 Å². The van der Waals surface area contributed by atoms with Gasteiger partial charge in [0, 0.05) is 12.7 Å². The van der Waals surface area contributed by atoms with Gasteiger partial charge in [0.1, 0.15) is 0 Å². The van der Waals surface area contributed by atoms with Crippen LogP contribution in [0.4, 0.5) is 0 Å². The Labute approximate surface area is 81.4 Å². The van der Waals surface area contributed by atoms with Crippen molar-refractivity contribution in [2.24, 2.45) is 0 Å². The minimum atomic E-state index is 0.515. The first-order valence-electron chi connectivity index (χ1n) is 4.09. The molecule has 0 amide bonds. The van der Waals surface area contributed by atoms with Gasteiger partial charge in [0.05, 0.1) is 11.2 Å². The van der Waals surface area contributed by atoms with Crippen LogP contribution in [0.25, 0.3) is 5.52 Å². The van der Waals surface area contributed by atoms with E-state index in [-0.39, 0.29) is 0 Å². The van der Waals surface area contributed by atoms with Gasteiger partial charge in [0.25, 0.3) is 0 Å². The number of hydrogen-bond acceptors (Lipinski definition) is 2. The second-order valence-corrected chi connectivity index (χ2v) is 3.15. The first-order valence-corrected chi connectivity index (χ1v) is 4.47. The third-order valence-corrected chi connectivity index (χ3v) is 2.19. The molecule has 0 aromatic carbocycles. The molecule has 2 aromatic rings. The second kappa shape index (κ2) is 3.36. The van der Waals surface area contributed by atoms with E-state index in [2.05, 4.69) is 10.3 Å². The monoisotopic (exact) mass is 195 g/mol. The van der Waals surface area contributed by atoms with Crippen LogP contribution in [0, 0.1) is 0 Å². The number of imidazole rings is 1. The quantitative estimate of drug-likeness (QED) is 0.791. The molecule has 68 valence electrons. The Balaban J connectivity index is 2.63. The molecule has 0 saturated carbocycles. The molecular weight excluding hydrogens is 186 g/mol. The van der Waals surface area contributed by atoms with Gasteiger partial charge >= 0.3 is 0 Å². The van der Waals surface area contributed by atoms with Crippen LogP contribution in [-0.4, -0.2) is 16.4 Å². The predicted molar refractivity (Wildman–Crippen MR) is 53.0 cm³/mol. The van der Waals surface area contributed by atoms with Gasteiger partial charge in [-0.2, -0.15) is 0 Å². The van der Waals surface area contributed by atoms with Gasteiger partial charge in [0.2, 0.25) is 5.28 Å². The summed E-state index contributed by atoms with van der Waals surface area (Å²) in [6.07, 6.45) is 1.91. The summed E-state index contributed by atoms with van der Waals surface area (Å²) in [5, 5.41) is 3.57. The molecule has 0 fully saturated rings. The summed E-state index contributed by atoms with van der Waals surface area (Å²) in [4.78, 5) is 4.25. The number of pyridine rings is 1. The van der Waals surface area contributed by atoms with Crippen molar-refractivity contribution in [1.29, 1.82) is 0 Å². The molecule has 0 spiro atoms. The lowest BCUT2D eigenvalue weighted by Gasteiger charge is -1.95. The topological polar surface area (TPSA) is 29.3 Å². The zero-order valence-electron chi connectivity index (χ0n) is 7.29. The number of rotatable bonds is 2. The second-order valence-electron chi connectivity index (χ2n) is 2.81. The molecule has 2 heterocycles. The van der Waals surface area contributed by atoms with Crippen molar-refractivity contribution in [2.45, 2.75) is 6.54 Å². The van der Waals surface area contributed by atoms with Crippen molar-refractivity contribution in [3.8, 4) is 0 Å². The molecule has 13 heavy (non-hydrogen) atoms. The molecule has 0 unspecified atom stereocenters. The molecule has 2 aromatic heterocycles. The lowest BCUT2D eigenvalue weighted by molar-refractivity contribution is 0.802. The lowest BCUT2D eigenvalue weighted by atomic mass is 10.3. The number of nitrogens with zero attached hydrogens (tertiary/aromatic N) is 2. The average molecular weight is 196 g/mol. The Morgan fingerprint density at radius 3 is 3.15 bits per heavy atom. The molecule has 0 atom stereocenters. The smallest absolute Gasteiger partial charge is 0.207 e. The fraction of sp³-hybridized carbons (Fsp3) is 0.222. The fourth-order valence-electron chi connectivity index (χ4n) is 1.36. The van der Waals surface area contributed by atoms with E-state index in [1.807, 2.05) is 35.8 Å². The Kier molecular flexibility index (Phi) is 2.20. The number of halogens is 1. The van der Waals surface area contributed by atoms with Gasteiger partial charge in [0.15, 0.2) is 0 Å². The highest BCUT2D eigenvalue weighted by Gasteiger charge is 2.06. The summed E-state index contributed by atoms with van der Waals surface area (Å²) in [5.41, 5.74) is 2.04. The summed E-state index contributed by atoms with van der Waals surface area (Å²) >= 11 is 5.94. The summed E-state index contributed by atoms with van der Waals surface area (Å²) in [6.45, 7) is 0.736. The minimum Gasteiger partial charge on any atom is -0.314 e. The molecule has 3 nitrogen and oxygen atoms in total. The summed E-state index contributed by atoms with van der Waals surface area (Å²) in [6, 6.07) is 5.92. The van der Waals surface area contributed by atoms with E-state index < -0.39 is 0 Å². The largest absolute Gasteiger partial charge is 0.314 e. The average Bonchev–Trinajstić information content (AvgIpc) is 2.46. The van der Waals surface area contributed by atoms with Gasteiger partial charge in [-0.05, 0) is 30.8 Å². The van der Waals surface area contributed by atoms with Crippen LogP contribution in [-0.2, 0) is 6.54 Å². The van der Waals surface area contributed by atoms with Crippen molar-refractivity contribution in [3.05, 3.63) is 35.4 Å². The zero-order chi connectivity index (χ0) is 9.26. The number of nitrogens with one attached hydrogen (secondary N) is 1. The van der Waals surface area contributed by atoms with Gasteiger partial charge in [-0.3, -0.25) is 4.40 Å². The highest BCUT2D eigenvalue weighted by Crippen LogP contribution is 2.15. The molecule has 0 saturated heterocycles. The van der Waals surface area contributed by atoms with Crippen LogP contribution in [0.2, 0.25) is 5.28 Å². The summed E-state index contributed by atoms with van der Waals surface area (Å²) < 4.78 is 1.87. The SMILES string of the molecule is CNCc1nc(Cl)n2ccccc12. The first kappa shape index (κ1) is 8.53. The van der Waals surface area contributed by atoms with E-state index >= 15 is 0 Å². The Morgan fingerprint density at radius 2 is 2.38 bits per heavy atom. The highest BCUT2D eigenvalue weighted by molar-refractivity contribution is 6.28. The van der Waals surface area contributed by atoms with Crippen LogP contribution in [0.1, 0.15) is 5.69 Å². The summed E-state index contributed by atoms with van der Waals surface area (Å²) in [5.74, 6) is 0. The molecule has 0 aliphatic rings. The van der Waals surface area contributed by atoms with Crippen molar-refractivity contribution in [1.82, 2.24) is 14.7 Å². The maximum Gasteiger partial charge on any atom is 0.207 e. The molecule has 0 radical (unpaired) electrons. The molecule has 0 aliphatic heterocycles. The predicted octanol–water partition coefficient (Wildman–Crippen LogP) is 1.71. The van der Waals surface area contributed by atoms with Crippen molar-refractivity contribution in [3.63, 3.8) is 0 Å². The van der Waals surface area contributed by atoms with Gasteiger partial charge in [-0.25, -0.2) is 4.98 Å². The fourth-order valence-corrected chi connectivity index (χ4v) is 1.61. The molecule has 4 heteroatoms. The van der Waals surface area contributed by atoms with Gasteiger partial charge < -0.3 is 5.32 Å². The standard InChI is InChI=1S/C9H10ClN3/c1-11-6-7-8-4-2-3-5-13(8)9(10)12-7/h2-5,11H,6H2,1H3. The number of aromatic nitrogens is 2. The Hall–Kier alpha value is -1.06. The van der Waals surface area contributed by atoms with Crippen LogP contribution < -0.4 is 5.32 Å². The zero-order valence-corrected chi connectivity index (χ0v) is 8.04. The maximum absolute atomic E-state index is 5.94. The lowest BCUT2D eigenvalue weighted by Crippen LogP contribution is -2.05. The van der Waals surface area contributed by atoms with Crippen LogP contribution in [0.5, 0.6) is 0 Å². The van der Waals surface area contributed by atoms with E-state index in [9.17, 15) is 0 Å². The van der Waals surface area contributed by atoms with Crippen molar-refractivity contribution in [2.75, 3.05) is 7.05 Å². The molecule has 2 rings (SSSR count). The van der Waals surface area contributed by atoms with Gasteiger partial charge in [-0.15, -0.1) is 0 Å². The Bertz CT molecular complexity index is 422. The van der Waals surface area contributed by atoms with Gasteiger partial charge in [-0.1, -0.05) is 6.07 Å². The number of hydrogen-bond donors (Lipinski definition) is 1. The first-order chi connectivity index (χ1) is 6.33. The van der Waals surface area contributed by atoms with E-state index in [0.717, 1.165) is 17.8 Å². The number of fused-ring (bicyclic) bond motifs is 1. The molecule has 1 N–H and O–H groups in total. The van der Waals surface area contributed by atoms with E-state index in [1.54, 1.807) is 0 Å². The van der Waals surface area contributed by atoms with Crippen LogP contribution in [0.15, 0.2) is 24.4 Å². The highest BCUT2D eigenvalue weighted by atomic mass is 35.5. The van der Waals surface area contributed by atoms with Crippen LogP contribution >= 0.6 is 11.6 Å². The molecule has 0 bridgehead atoms. The summed E-state index contributed by atoms with van der Waals surface area (Å²) in [7, 11) is 1.89. The maximum atomic E-state index is 5.94. The van der Waals surface area contributed by atoms with Crippen molar-refractivity contribution < 1.29 is 0 Å². The minimum absolute atomic E-state index is 0.515. The molecular formula is C9H10ClN3. The Morgan fingerprint density at radius 1 is 1.54 bits per heavy atom. The third-order valence-electron chi connectivity index (χ3n) is 1.93. The van der Waals surface area contributed by atoms with Crippen LogP contribution in [0.3, 0.4) is 0 Å². The molecule has 0 aliphatic carbocycles. The van der Waals surface area contributed by atoms with E-state index in [4.69, 9.17) is 11.6 Å².